The molecule has 0 radical (unpaired) electrons. The van der Waals surface area contributed by atoms with Gasteiger partial charge in [0, 0.05) is 69.9 Å². The standard InChI is InChI=1S/C31H38N8O3/c1-21-17-23(30(41)39-20-25-19-34-36(2)28(25)35-26-5-3-4-6-27(26)39)9-10-24(21)18-33-31(42)38-15-13-37(14-16-38)12-11-32-29(40)22-7-8-22/h3-6,9-10,17,19,22,35H,7-8,11-16,18,20H2,1-2H3,(H,32,40)(H,33,42). The maximum absolute atomic E-state index is 13.8. The fourth-order valence-electron chi connectivity index (χ4n) is 5.61. The van der Waals surface area contributed by atoms with Crippen molar-refractivity contribution in [3.8, 4) is 0 Å². The van der Waals surface area contributed by atoms with E-state index in [1.807, 2.05) is 61.3 Å². The number of rotatable bonds is 7. The molecule has 1 saturated heterocycles. The van der Waals surface area contributed by atoms with E-state index in [-0.39, 0.29) is 23.8 Å². The number of benzene rings is 2. The van der Waals surface area contributed by atoms with Crippen LogP contribution in [0.5, 0.6) is 0 Å². The number of nitrogens with one attached hydrogen (secondary N) is 3. The Morgan fingerprint density at radius 3 is 2.57 bits per heavy atom. The van der Waals surface area contributed by atoms with Crippen LogP contribution >= 0.6 is 0 Å². The number of carbonyl (C=O) groups is 3. The van der Waals surface area contributed by atoms with Gasteiger partial charge >= 0.3 is 6.03 Å². The minimum Gasteiger partial charge on any atom is -0.355 e. The van der Waals surface area contributed by atoms with Gasteiger partial charge in [-0.1, -0.05) is 18.2 Å². The zero-order valence-electron chi connectivity index (χ0n) is 24.2. The Balaban J connectivity index is 1.03. The summed E-state index contributed by atoms with van der Waals surface area (Å²) in [5.74, 6) is 1.19. The number of nitrogens with zero attached hydrogens (tertiary/aromatic N) is 5. The first-order valence-corrected chi connectivity index (χ1v) is 14.7. The maximum Gasteiger partial charge on any atom is 0.317 e. The highest BCUT2D eigenvalue weighted by Crippen LogP contribution is 2.36. The Morgan fingerprint density at radius 2 is 1.81 bits per heavy atom. The quantitative estimate of drug-likeness (QED) is 0.403. The van der Waals surface area contributed by atoms with Gasteiger partial charge in [-0.2, -0.15) is 5.10 Å². The van der Waals surface area contributed by atoms with Gasteiger partial charge in [-0.25, -0.2) is 4.79 Å². The highest BCUT2D eigenvalue weighted by Gasteiger charge is 2.30. The number of aryl methyl sites for hydroxylation is 2. The zero-order chi connectivity index (χ0) is 29.2. The SMILES string of the molecule is Cc1cc(C(=O)N2Cc3cnn(C)c3Nc3ccccc32)ccc1CNC(=O)N1CCN(CCNC(=O)C2CC2)CC1. The number of carbonyl (C=O) groups excluding carboxylic acids is 3. The van der Waals surface area contributed by atoms with Gasteiger partial charge in [-0.15, -0.1) is 0 Å². The summed E-state index contributed by atoms with van der Waals surface area (Å²) in [5, 5.41) is 13.8. The van der Waals surface area contributed by atoms with E-state index < -0.39 is 0 Å². The van der Waals surface area contributed by atoms with E-state index in [2.05, 4.69) is 25.9 Å². The fraction of sp³-hybridized carbons (Fsp3) is 0.419. The molecule has 2 aliphatic heterocycles. The molecule has 220 valence electrons. The van der Waals surface area contributed by atoms with Gasteiger partial charge in [0.25, 0.3) is 5.91 Å². The van der Waals surface area contributed by atoms with Crippen LogP contribution < -0.4 is 20.9 Å². The molecule has 3 aliphatic rings. The second-order valence-electron chi connectivity index (χ2n) is 11.4. The number of hydrogen-bond donors (Lipinski definition) is 3. The minimum atomic E-state index is -0.0929. The molecule has 2 aromatic carbocycles. The molecule has 4 amide bonds. The van der Waals surface area contributed by atoms with Crippen LogP contribution in [0.4, 0.5) is 22.0 Å². The van der Waals surface area contributed by atoms with Gasteiger partial charge < -0.3 is 25.8 Å². The Labute approximate surface area is 245 Å². The van der Waals surface area contributed by atoms with E-state index in [1.54, 1.807) is 15.8 Å². The summed E-state index contributed by atoms with van der Waals surface area (Å²) in [4.78, 5) is 44.4. The molecule has 3 heterocycles. The molecule has 6 rings (SSSR count). The van der Waals surface area contributed by atoms with Crippen molar-refractivity contribution in [1.82, 2.24) is 30.2 Å². The summed E-state index contributed by atoms with van der Waals surface area (Å²) < 4.78 is 1.78. The van der Waals surface area contributed by atoms with Crippen LogP contribution in [0.25, 0.3) is 0 Å². The van der Waals surface area contributed by atoms with Crippen LogP contribution in [0.1, 0.15) is 39.9 Å². The first-order chi connectivity index (χ1) is 20.4. The Kier molecular flexibility index (Phi) is 7.84. The van der Waals surface area contributed by atoms with Crippen molar-refractivity contribution in [2.75, 3.05) is 49.5 Å². The second kappa shape index (κ2) is 11.8. The van der Waals surface area contributed by atoms with Crippen LogP contribution in [-0.2, 0) is 24.9 Å². The molecule has 3 aromatic rings. The van der Waals surface area contributed by atoms with Crippen LogP contribution in [0.3, 0.4) is 0 Å². The number of aromatic nitrogens is 2. The number of anilines is 3. The van der Waals surface area contributed by atoms with Gasteiger partial charge in [0.05, 0.1) is 24.1 Å². The average molecular weight is 571 g/mol. The van der Waals surface area contributed by atoms with Crippen molar-refractivity contribution in [2.24, 2.45) is 13.0 Å². The third-order valence-corrected chi connectivity index (χ3v) is 8.39. The number of amides is 4. The van der Waals surface area contributed by atoms with Gasteiger partial charge in [0.1, 0.15) is 5.82 Å². The van der Waals surface area contributed by atoms with Crippen molar-refractivity contribution in [1.29, 1.82) is 0 Å². The summed E-state index contributed by atoms with van der Waals surface area (Å²) in [6.07, 6.45) is 3.82. The summed E-state index contributed by atoms with van der Waals surface area (Å²) in [7, 11) is 1.88. The molecule has 1 aromatic heterocycles. The Hall–Kier alpha value is -4.38. The van der Waals surface area contributed by atoms with Gasteiger partial charge in [-0.05, 0) is 55.2 Å². The highest BCUT2D eigenvalue weighted by atomic mass is 16.2. The lowest BCUT2D eigenvalue weighted by Gasteiger charge is -2.34. The van der Waals surface area contributed by atoms with Crippen LogP contribution in [0, 0.1) is 12.8 Å². The number of hydrogen-bond acceptors (Lipinski definition) is 6. The number of para-hydroxylation sites is 2. The Bertz CT molecular complexity index is 1490. The van der Waals surface area contributed by atoms with Gasteiger partial charge in [0.2, 0.25) is 5.91 Å². The lowest BCUT2D eigenvalue weighted by molar-refractivity contribution is -0.122. The molecule has 0 unspecified atom stereocenters. The zero-order valence-corrected chi connectivity index (χ0v) is 24.2. The van der Waals surface area contributed by atoms with Crippen molar-refractivity contribution in [3.63, 3.8) is 0 Å². The van der Waals surface area contributed by atoms with Gasteiger partial charge in [0.15, 0.2) is 0 Å². The topological polar surface area (TPSA) is 115 Å². The molecular weight excluding hydrogens is 532 g/mol. The third kappa shape index (κ3) is 5.96. The summed E-state index contributed by atoms with van der Waals surface area (Å²) >= 11 is 0. The number of fused-ring (bicyclic) bond motifs is 2. The lowest BCUT2D eigenvalue weighted by Crippen LogP contribution is -2.52. The number of piperazine rings is 1. The molecule has 42 heavy (non-hydrogen) atoms. The number of urea groups is 1. The van der Waals surface area contributed by atoms with E-state index in [1.165, 1.54) is 0 Å². The summed E-state index contributed by atoms with van der Waals surface area (Å²) in [5.41, 5.74) is 5.12. The van der Waals surface area contributed by atoms with E-state index in [9.17, 15) is 14.4 Å². The molecule has 0 bridgehead atoms. The van der Waals surface area contributed by atoms with Crippen molar-refractivity contribution in [3.05, 3.63) is 70.9 Å². The van der Waals surface area contributed by atoms with Crippen LogP contribution in [0.2, 0.25) is 0 Å². The lowest BCUT2D eigenvalue weighted by atomic mass is 10.0. The molecule has 3 N–H and O–H groups in total. The molecule has 0 atom stereocenters. The first kappa shape index (κ1) is 27.8. The monoisotopic (exact) mass is 570 g/mol. The molecule has 11 heteroatoms. The first-order valence-electron chi connectivity index (χ1n) is 14.7. The summed E-state index contributed by atoms with van der Waals surface area (Å²) in [6.45, 7) is 7.12. The Morgan fingerprint density at radius 1 is 1.02 bits per heavy atom. The fourth-order valence-corrected chi connectivity index (χ4v) is 5.61. The van der Waals surface area contributed by atoms with Crippen LogP contribution in [-0.4, -0.2) is 76.7 Å². The molecule has 0 spiro atoms. The molecule has 11 nitrogen and oxygen atoms in total. The minimum absolute atomic E-state index is 0.0859. The summed E-state index contributed by atoms with van der Waals surface area (Å²) in [6, 6.07) is 13.4. The van der Waals surface area contributed by atoms with Gasteiger partial charge in [-0.3, -0.25) is 19.2 Å². The van der Waals surface area contributed by atoms with Crippen molar-refractivity contribution in [2.45, 2.75) is 32.9 Å². The van der Waals surface area contributed by atoms with E-state index in [4.69, 9.17) is 0 Å². The smallest absolute Gasteiger partial charge is 0.317 e. The van der Waals surface area contributed by atoms with E-state index in [0.717, 1.165) is 66.4 Å². The second-order valence-corrected chi connectivity index (χ2v) is 11.4. The third-order valence-electron chi connectivity index (χ3n) is 8.39. The predicted molar refractivity (Wildman–Crippen MR) is 161 cm³/mol. The maximum atomic E-state index is 13.8. The molecule has 2 fully saturated rings. The normalized spacial score (nSPS) is 16.6. The van der Waals surface area contributed by atoms with Crippen LogP contribution in [0.15, 0.2) is 48.7 Å². The van der Waals surface area contributed by atoms with E-state index >= 15 is 0 Å². The van der Waals surface area contributed by atoms with Crippen molar-refractivity contribution >= 4 is 35.0 Å². The van der Waals surface area contributed by atoms with Crippen molar-refractivity contribution < 1.29 is 14.4 Å². The largest absolute Gasteiger partial charge is 0.355 e. The van der Waals surface area contributed by atoms with E-state index in [0.29, 0.717) is 38.3 Å². The predicted octanol–water partition coefficient (Wildman–Crippen LogP) is 2.99. The molecule has 1 aliphatic carbocycles. The highest BCUT2D eigenvalue weighted by molar-refractivity contribution is 6.08. The molecule has 1 saturated carbocycles. The average Bonchev–Trinajstić information content (AvgIpc) is 3.82. The molecular formula is C31H38N8O3.